The summed E-state index contributed by atoms with van der Waals surface area (Å²) in [5, 5.41) is 3.42. The maximum Gasteiger partial charge on any atom is 0.261 e. The third-order valence-electron chi connectivity index (χ3n) is 4.94. The lowest BCUT2D eigenvalue weighted by atomic mass is 10.1. The number of nitrogens with one attached hydrogen (secondary N) is 2. The summed E-state index contributed by atoms with van der Waals surface area (Å²) < 4.78 is 38.7. The Balaban J connectivity index is 1.43. The summed E-state index contributed by atoms with van der Waals surface area (Å²) in [5.41, 5.74) is 1.61. The summed E-state index contributed by atoms with van der Waals surface area (Å²) >= 11 is 5.83. The first-order chi connectivity index (χ1) is 15.3. The van der Waals surface area contributed by atoms with Crippen LogP contribution in [0.25, 0.3) is 0 Å². The van der Waals surface area contributed by atoms with Crippen molar-refractivity contribution in [3.63, 3.8) is 0 Å². The van der Waals surface area contributed by atoms with Gasteiger partial charge in [-0.05, 0) is 73.2 Å². The second kappa shape index (κ2) is 9.10. The minimum atomic E-state index is -3.79. The number of halogens is 1. The molecule has 0 bridgehead atoms. The zero-order valence-electron chi connectivity index (χ0n) is 17.2. The molecule has 3 aromatic rings. The SMILES string of the molecule is CC(NC(=O)c1ccc(S(=O)(=O)Nc2ccc(Cl)cc2)cc1)c1ccc2c(c1)OCCO2. The van der Waals surface area contributed by atoms with Gasteiger partial charge < -0.3 is 14.8 Å². The molecule has 1 heterocycles. The second-order valence-corrected chi connectivity index (χ2v) is 9.35. The number of carbonyl (C=O) groups excluding carboxylic acids is 1. The molecule has 4 rings (SSSR count). The Morgan fingerprint density at radius 1 is 0.938 bits per heavy atom. The smallest absolute Gasteiger partial charge is 0.261 e. The van der Waals surface area contributed by atoms with Crippen LogP contribution in [0.15, 0.2) is 71.6 Å². The second-order valence-electron chi connectivity index (χ2n) is 7.24. The average molecular weight is 473 g/mol. The Hall–Kier alpha value is -3.23. The van der Waals surface area contributed by atoms with Crippen LogP contribution in [0.2, 0.25) is 5.02 Å². The maximum absolute atomic E-state index is 12.7. The highest BCUT2D eigenvalue weighted by atomic mass is 35.5. The molecule has 7 nitrogen and oxygen atoms in total. The topological polar surface area (TPSA) is 93.7 Å². The molecule has 0 radical (unpaired) electrons. The molecule has 0 spiro atoms. The van der Waals surface area contributed by atoms with E-state index in [-0.39, 0.29) is 16.8 Å². The van der Waals surface area contributed by atoms with E-state index in [1.165, 1.54) is 24.3 Å². The highest BCUT2D eigenvalue weighted by molar-refractivity contribution is 7.92. The molecule has 0 fully saturated rings. The molecule has 32 heavy (non-hydrogen) atoms. The zero-order valence-corrected chi connectivity index (χ0v) is 18.7. The van der Waals surface area contributed by atoms with Crippen LogP contribution in [0.3, 0.4) is 0 Å². The molecular weight excluding hydrogens is 452 g/mol. The number of hydrogen-bond acceptors (Lipinski definition) is 5. The monoisotopic (exact) mass is 472 g/mol. The molecule has 1 unspecified atom stereocenters. The van der Waals surface area contributed by atoms with Crippen molar-refractivity contribution in [2.45, 2.75) is 17.9 Å². The number of anilines is 1. The van der Waals surface area contributed by atoms with Gasteiger partial charge >= 0.3 is 0 Å². The van der Waals surface area contributed by atoms with E-state index >= 15 is 0 Å². The van der Waals surface area contributed by atoms with Gasteiger partial charge in [0.15, 0.2) is 11.5 Å². The van der Waals surface area contributed by atoms with Crippen molar-refractivity contribution in [2.24, 2.45) is 0 Å². The van der Waals surface area contributed by atoms with Gasteiger partial charge in [-0.15, -0.1) is 0 Å². The van der Waals surface area contributed by atoms with Crippen LogP contribution < -0.4 is 19.5 Å². The number of benzene rings is 3. The Bertz CT molecular complexity index is 1230. The molecule has 9 heteroatoms. The van der Waals surface area contributed by atoms with Crippen LogP contribution in [0.4, 0.5) is 5.69 Å². The van der Waals surface area contributed by atoms with E-state index < -0.39 is 10.0 Å². The lowest BCUT2D eigenvalue weighted by Gasteiger charge is -2.21. The van der Waals surface area contributed by atoms with Crippen LogP contribution >= 0.6 is 11.6 Å². The first kappa shape index (κ1) is 22.0. The summed E-state index contributed by atoms with van der Waals surface area (Å²) in [6, 6.07) is 17.3. The molecule has 1 aliphatic heterocycles. The minimum absolute atomic E-state index is 0.0453. The molecule has 1 amide bonds. The number of sulfonamides is 1. The Kier molecular flexibility index (Phi) is 6.25. The van der Waals surface area contributed by atoms with Crippen LogP contribution in [0.1, 0.15) is 28.9 Å². The fourth-order valence-electron chi connectivity index (χ4n) is 3.21. The van der Waals surface area contributed by atoms with E-state index in [1.807, 2.05) is 25.1 Å². The van der Waals surface area contributed by atoms with Crippen LogP contribution in [0.5, 0.6) is 11.5 Å². The zero-order chi connectivity index (χ0) is 22.7. The van der Waals surface area contributed by atoms with Crippen molar-refractivity contribution in [1.82, 2.24) is 5.32 Å². The predicted octanol–water partition coefficient (Wildman–Crippen LogP) is 4.40. The summed E-state index contributed by atoms with van der Waals surface area (Å²) in [7, 11) is -3.79. The van der Waals surface area contributed by atoms with Gasteiger partial charge in [-0.1, -0.05) is 17.7 Å². The van der Waals surface area contributed by atoms with Crippen molar-refractivity contribution in [3.05, 3.63) is 82.9 Å². The number of ether oxygens (including phenoxy) is 2. The van der Waals surface area contributed by atoms with Gasteiger partial charge in [0.2, 0.25) is 0 Å². The Morgan fingerprint density at radius 2 is 1.59 bits per heavy atom. The molecule has 3 aromatic carbocycles. The summed E-state index contributed by atoms with van der Waals surface area (Å²) in [5.74, 6) is 1.02. The van der Waals surface area contributed by atoms with Gasteiger partial charge in [0, 0.05) is 16.3 Å². The molecule has 0 aliphatic carbocycles. The van der Waals surface area contributed by atoms with E-state index in [0.717, 1.165) is 5.56 Å². The Morgan fingerprint density at radius 3 is 2.28 bits per heavy atom. The molecule has 1 atom stereocenters. The molecule has 0 aromatic heterocycles. The lowest BCUT2D eigenvalue weighted by molar-refractivity contribution is 0.0939. The van der Waals surface area contributed by atoms with E-state index in [0.29, 0.717) is 41.0 Å². The average Bonchev–Trinajstić information content (AvgIpc) is 2.80. The maximum atomic E-state index is 12.7. The highest BCUT2D eigenvalue weighted by Crippen LogP contribution is 2.32. The number of fused-ring (bicyclic) bond motifs is 1. The molecule has 0 saturated carbocycles. The fraction of sp³-hybridized carbons (Fsp3) is 0.174. The van der Waals surface area contributed by atoms with Gasteiger partial charge in [0.1, 0.15) is 13.2 Å². The van der Waals surface area contributed by atoms with Gasteiger partial charge in [-0.25, -0.2) is 8.42 Å². The number of hydrogen-bond donors (Lipinski definition) is 2. The van der Waals surface area contributed by atoms with E-state index in [1.54, 1.807) is 24.3 Å². The van der Waals surface area contributed by atoms with Crippen molar-refractivity contribution in [2.75, 3.05) is 17.9 Å². The van der Waals surface area contributed by atoms with Crippen LogP contribution in [-0.2, 0) is 10.0 Å². The lowest BCUT2D eigenvalue weighted by Crippen LogP contribution is -2.27. The summed E-state index contributed by atoms with van der Waals surface area (Å²) in [6.45, 7) is 2.86. The molecule has 1 aliphatic rings. The number of carbonyl (C=O) groups is 1. The highest BCUT2D eigenvalue weighted by Gasteiger charge is 2.18. The van der Waals surface area contributed by atoms with Crippen molar-refractivity contribution < 1.29 is 22.7 Å². The Labute approximate surface area is 191 Å². The third kappa shape index (κ3) is 4.98. The number of rotatable bonds is 6. The van der Waals surface area contributed by atoms with Crippen molar-refractivity contribution >= 4 is 33.2 Å². The summed E-state index contributed by atoms with van der Waals surface area (Å²) in [4.78, 5) is 12.7. The quantitative estimate of drug-likeness (QED) is 0.554. The predicted molar refractivity (Wildman–Crippen MR) is 122 cm³/mol. The first-order valence-electron chi connectivity index (χ1n) is 9.91. The molecular formula is C23H21ClN2O5S. The summed E-state index contributed by atoms with van der Waals surface area (Å²) in [6.07, 6.45) is 0. The molecule has 166 valence electrons. The van der Waals surface area contributed by atoms with Crippen LogP contribution in [-0.4, -0.2) is 27.5 Å². The van der Waals surface area contributed by atoms with Crippen molar-refractivity contribution in [3.8, 4) is 11.5 Å². The van der Waals surface area contributed by atoms with Crippen LogP contribution in [0, 0.1) is 0 Å². The van der Waals surface area contributed by atoms with E-state index in [9.17, 15) is 13.2 Å². The van der Waals surface area contributed by atoms with E-state index in [4.69, 9.17) is 21.1 Å². The normalized spacial score (nSPS) is 13.8. The van der Waals surface area contributed by atoms with Gasteiger partial charge in [0.05, 0.1) is 10.9 Å². The third-order valence-corrected chi connectivity index (χ3v) is 6.59. The minimum Gasteiger partial charge on any atom is -0.486 e. The van der Waals surface area contributed by atoms with Gasteiger partial charge in [-0.3, -0.25) is 9.52 Å². The standard InChI is InChI=1S/C23H21ClN2O5S/c1-15(17-4-11-21-22(14-17)31-13-12-30-21)25-23(27)16-2-9-20(10-3-16)32(28,29)26-19-7-5-18(24)6-8-19/h2-11,14-15,26H,12-13H2,1H3,(H,25,27). The van der Waals surface area contributed by atoms with Gasteiger partial charge in [0.25, 0.3) is 15.9 Å². The molecule has 0 saturated heterocycles. The fourth-order valence-corrected chi connectivity index (χ4v) is 4.39. The van der Waals surface area contributed by atoms with Crippen molar-refractivity contribution in [1.29, 1.82) is 0 Å². The number of amides is 1. The largest absolute Gasteiger partial charge is 0.486 e. The first-order valence-corrected chi connectivity index (χ1v) is 11.8. The van der Waals surface area contributed by atoms with E-state index in [2.05, 4.69) is 10.0 Å². The molecule has 2 N–H and O–H groups in total. The van der Waals surface area contributed by atoms with Gasteiger partial charge in [-0.2, -0.15) is 0 Å².